The van der Waals surface area contributed by atoms with Crippen molar-refractivity contribution in [2.75, 3.05) is 19.0 Å². The number of amides is 1. The summed E-state index contributed by atoms with van der Waals surface area (Å²) in [5.74, 6) is 0.529. The summed E-state index contributed by atoms with van der Waals surface area (Å²) in [5, 5.41) is 16.3. The lowest BCUT2D eigenvalue weighted by atomic mass is 10.1. The Hall–Kier alpha value is -2.37. The van der Waals surface area contributed by atoms with Gasteiger partial charge in [-0.05, 0) is 31.5 Å². The minimum Gasteiger partial charge on any atom is -0.495 e. The predicted octanol–water partition coefficient (Wildman–Crippen LogP) is 3.04. The number of aryl methyl sites for hydroxylation is 1. The number of nitrogens with one attached hydrogen (secondary N) is 2. The molecule has 0 aromatic heterocycles. The van der Waals surface area contributed by atoms with Crippen molar-refractivity contribution in [2.24, 2.45) is 0 Å². The molecule has 25 heavy (non-hydrogen) atoms. The minimum absolute atomic E-state index is 0.0610. The Morgan fingerprint density at radius 2 is 1.96 bits per heavy atom. The lowest BCUT2D eigenvalue weighted by Crippen LogP contribution is -2.33. The molecule has 0 aliphatic heterocycles. The van der Waals surface area contributed by atoms with Crippen LogP contribution in [-0.4, -0.2) is 30.7 Å². The molecule has 5 nitrogen and oxygen atoms in total. The van der Waals surface area contributed by atoms with E-state index in [1.807, 2.05) is 50.2 Å². The Morgan fingerprint density at radius 3 is 2.68 bits per heavy atom. The molecule has 2 unspecified atom stereocenters. The lowest BCUT2D eigenvalue weighted by molar-refractivity contribution is -0.116. The highest BCUT2D eigenvalue weighted by Crippen LogP contribution is 2.23. The van der Waals surface area contributed by atoms with Crippen molar-refractivity contribution in [1.82, 2.24) is 5.32 Å². The molecular formula is C20H26N2O3. The Morgan fingerprint density at radius 1 is 1.20 bits per heavy atom. The highest BCUT2D eigenvalue weighted by atomic mass is 16.5. The van der Waals surface area contributed by atoms with Gasteiger partial charge in [0, 0.05) is 19.0 Å². The zero-order valence-corrected chi connectivity index (χ0v) is 15.0. The summed E-state index contributed by atoms with van der Waals surface area (Å²) in [6.07, 6.45) is -0.293. The monoisotopic (exact) mass is 342 g/mol. The van der Waals surface area contributed by atoms with Crippen LogP contribution in [0.4, 0.5) is 5.69 Å². The Balaban J connectivity index is 1.81. The van der Waals surface area contributed by atoms with Crippen molar-refractivity contribution in [3.63, 3.8) is 0 Å². The average molecular weight is 342 g/mol. The number of hydrogen-bond acceptors (Lipinski definition) is 4. The number of para-hydroxylation sites is 2. The molecule has 0 saturated heterocycles. The van der Waals surface area contributed by atoms with Gasteiger partial charge in [-0.1, -0.05) is 42.0 Å². The minimum atomic E-state index is -0.598. The van der Waals surface area contributed by atoms with E-state index in [0.717, 1.165) is 11.1 Å². The normalized spacial score (nSPS) is 13.1. The van der Waals surface area contributed by atoms with E-state index in [0.29, 0.717) is 24.4 Å². The van der Waals surface area contributed by atoms with E-state index in [-0.39, 0.29) is 11.9 Å². The van der Waals surface area contributed by atoms with Gasteiger partial charge in [0.05, 0.1) is 18.9 Å². The Labute approximate surface area is 149 Å². The molecule has 2 aromatic carbocycles. The van der Waals surface area contributed by atoms with Gasteiger partial charge in [0.15, 0.2) is 0 Å². The van der Waals surface area contributed by atoms with Crippen molar-refractivity contribution >= 4 is 11.6 Å². The topological polar surface area (TPSA) is 70.6 Å². The number of benzene rings is 2. The summed E-state index contributed by atoms with van der Waals surface area (Å²) in [6.45, 7) is 4.31. The maximum absolute atomic E-state index is 12.2. The first kappa shape index (κ1) is 19.0. The third kappa shape index (κ3) is 5.89. The summed E-state index contributed by atoms with van der Waals surface area (Å²) in [4.78, 5) is 12.2. The van der Waals surface area contributed by atoms with E-state index in [1.165, 1.54) is 0 Å². The number of aliphatic hydroxyl groups excluding tert-OH is 1. The summed E-state index contributed by atoms with van der Waals surface area (Å²) in [5.41, 5.74) is 2.64. The summed E-state index contributed by atoms with van der Waals surface area (Å²) >= 11 is 0. The first-order valence-electron chi connectivity index (χ1n) is 8.40. The molecule has 0 aliphatic carbocycles. The molecule has 1 amide bonds. The van der Waals surface area contributed by atoms with Gasteiger partial charge in [0.25, 0.3) is 0 Å². The Kier molecular flexibility index (Phi) is 6.98. The zero-order valence-electron chi connectivity index (χ0n) is 15.0. The largest absolute Gasteiger partial charge is 0.495 e. The maximum Gasteiger partial charge on any atom is 0.226 e. The van der Waals surface area contributed by atoms with Crippen LogP contribution < -0.4 is 15.4 Å². The molecule has 0 spiro atoms. The number of hydrogen-bond donors (Lipinski definition) is 3. The highest BCUT2D eigenvalue weighted by molar-refractivity contribution is 5.92. The fraction of sp³-hybridized carbons (Fsp3) is 0.350. The van der Waals surface area contributed by atoms with Crippen LogP contribution >= 0.6 is 0 Å². The third-order valence-corrected chi connectivity index (χ3v) is 3.96. The lowest BCUT2D eigenvalue weighted by Gasteiger charge is -2.18. The molecule has 0 bridgehead atoms. The number of methoxy groups -OCH3 is 1. The SMILES string of the molecule is COc1ccccc1NC(=O)CC(C)NCC(O)c1cccc(C)c1. The number of rotatable bonds is 8. The van der Waals surface area contributed by atoms with Gasteiger partial charge in [0.1, 0.15) is 5.75 Å². The van der Waals surface area contributed by atoms with Crippen molar-refractivity contribution in [3.8, 4) is 5.75 Å². The fourth-order valence-electron chi connectivity index (χ4n) is 2.61. The first-order chi connectivity index (χ1) is 12.0. The summed E-state index contributed by atoms with van der Waals surface area (Å²) < 4.78 is 5.23. The number of carbonyl (C=O) groups excluding carboxylic acids is 1. The molecule has 2 aromatic rings. The average Bonchev–Trinajstić information content (AvgIpc) is 2.60. The second kappa shape index (κ2) is 9.20. The van der Waals surface area contributed by atoms with Crippen molar-refractivity contribution in [1.29, 1.82) is 0 Å². The van der Waals surface area contributed by atoms with Gasteiger partial charge in [-0.2, -0.15) is 0 Å². The number of aliphatic hydroxyl groups is 1. The smallest absolute Gasteiger partial charge is 0.226 e. The third-order valence-electron chi connectivity index (χ3n) is 3.96. The van der Waals surface area contributed by atoms with Crippen molar-refractivity contribution in [2.45, 2.75) is 32.4 Å². The molecule has 0 heterocycles. The molecule has 0 saturated carbocycles. The number of carbonyl (C=O) groups is 1. The van der Waals surface area contributed by atoms with Gasteiger partial charge < -0.3 is 20.5 Å². The number of ether oxygens (including phenoxy) is 1. The molecule has 0 fully saturated rings. The van der Waals surface area contributed by atoms with E-state index in [2.05, 4.69) is 10.6 Å². The molecule has 2 atom stereocenters. The molecule has 0 radical (unpaired) electrons. The van der Waals surface area contributed by atoms with Crippen LogP contribution in [0, 0.1) is 6.92 Å². The van der Waals surface area contributed by atoms with Crippen LogP contribution in [0.3, 0.4) is 0 Å². The highest BCUT2D eigenvalue weighted by Gasteiger charge is 2.13. The predicted molar refractivity (Wildman–Crippen MR) is 99.8 cm³/mol. The summed E-state index contributed by atoms with van der Waals surface area (Å²) in [6, 6.07) is 15.0. The quantitative estimate of drug-likeness (QED) is 0.690. The van der Waals surface area contributed by atoms with Crippen LogP contribution in [0.2, 0.25) is 0 Å². The molecule has 134 valence electrons. The first-order valence-corrected chi connectivity index (χ1v) is 8.40. The number of anilines is 1. The molecule has 5 heteroatoms. The van der Waals surface area contributed by atoms with Gasteiger partial charge in [-0.25, -0.2) is 0 Å². The second-order valence-corrected chi connectivity index (χ2v) is 6.19. The van der Waals surface area contributed by atoms with Crippen molar-refractivity contribution < 1.29 is 14.6 Å². The van der Waals surface area contributed by atoms with E-state index < -0.39 is 6.10 Å². The van der Waals surface area contributed by atoms with Crippen LogP contribution in [0.15, 0.2) is 48.5 Å². The van der Waals surface area contributed by atoms with E-state index in [9.17, 15) is 9.90 Å². The van der Waals surface area contributed by atoms with Gasteiger partial charge in [-0.3, -0.25) is 4.79 Å². The summed E-state index contributed by atoms with van der Waals surface area (Å²) in [7, 11) is 1.57. The Bertz CT molecular complexity index is 703. The van der Waals surface area contributed by atoms with Crippen LogP contribution in [0.5, 0.6) is 5.75 Å². The van der Waals surface area contributed by atoms with E-state index in [4.69, 9.17) is 4.74 Å². The van der Waals surface area contributed by atoms with Crippen LogP contribution in [0.1, 0.15) is 30.6 Å². The molecule has 3 N–H and O–H groups in total. The van der Waals surface area contributed by atoms with Crippen molar-refractivity contribution in [3.05, 3.63) is 59.7 Å². The molecular weight excluding hydrogens is 316 g/mol. The maximum atomic E-state index is 12.2. The van der Waals surface area contributed by atoms with E-state index >= 15 is 0 Å². The van der Waals surface area contributed by atoms with Gasteiger partial charge >= 0.3 is 0 Å². The molecule has 2 rings (SSSR count). The van der Waals surface area contributed by atoms with Gasteiger partial charge in [-0.15, -0.1) is 0 Å². The molecule has 0 aliphatic rings. The fourth-order valence-corrected chi connectivity index (χ4v) is 2.61. The van der Waals surface area contributed by atoms with Crippen LogP contribution in [-0.2, 0) is 4.79 Å². The second-order valence-electron chi connectivity index (χ2n) is 6.19. The van der Waals surface area contributed by atoms with E-state index in [1.54, 1.807) is 19.2 Å². The van der Waals surface area contributed by atoms with Gasteiger partial charge in [0.2, 0.25) is 5.91 Å². The van der Waals surface area contributed by atoms with Crippen LogP contribution in [0.25, 0.3) is 0 Å². The standard InChI is InChI=1S/C20H26N2O3/c1-14-7-6-8-16(11-14)18(23)13-21-15(2)12-20(24)22-17-9-4-5-10-19(17)25-3/h4-11,15,18,21,23H,12-13H2,1-3H3,(H,22,24). The zero-order chi connectivity index (χ0) is 18.2.